The monoisotopic (exact) mass is 311 g/mol. The van der Waals surface area contributed by atoms with Gasteiger partial charge in [-0.1, -0.05) is 28.1 Å². The van der Waals surface area contributed by atoms with Crippen molar-refractivity contribution in [3.63, 3.8) is 0 Å². The zero-order valence-corrected chi connectivity index (χ0v) is 12.3. The Hall–Kier alpha value is -0.870. The maximum absolute atomic E-state index is 11.7. The molecule has 0 aliphatic carbocycles. The van der Waals surface area contributed by atoms with E-state index in [1.807, 2.05) is 19.1 Å². The van der Waals surface area contributed by atoms with Gasteiger partial charge in [0.05, 0.1) is 7.11 Å². The van der Waals surface area contributed by atoms with Crippen LogP contribution >= 0.6 is 15.9 Å². The molecule has 98 valence electrons. The zero-order chi connectivity index (χ0) is 13.2. The van der Waals surface area contributed by atoms with E-state index < -0.39 is 5.54 Å². The summed E-state index contributed by atoms with van der Waals surface area (Å²) in [6.45, 7) is 2.78. The molecular weight excluding hydrogens is 294 g/mol. The van der Waals surface area contributed by atoms with Gasteiger partial charge in [-0.25, -0.2) is 0 Å². The van der Waals surface area contributed by atoms with Crippen molar-refractivity contribution in [3.05, 3.63) is 34.3 Å². The summed E-state index contributed by atoms with van der Waals surface area (Å²) in [5, 5.41) is 3.28. The summed E-state index contributed by atoms with van der Waals surface area (Å²) in [4.78, 5) is 11.7. The minimum absolute atomic E-state index is 0.167. The maximum Gasteiger partial charge on any atom is 0.325 e. The van der Waals surface area contributed by atoms with Gasteiger partial charge in [-0.2, -0.15) is 0 Å². The second kappa shape index (κ2) is 5.41. The van der Waals surface area contributed by atoms with Crippen molar-refractivity contribution in [1.29, 1.82) is 0 Å². The van der Waals surface area contributed by atoms with E-state index in [0.717, 1.165) is 23.9 Å². The van der Waals surface area contributed by atoms with Crippen molar-refractivity contribution in [3.8, 4) is 0 Å². The predicted molar refractivity (Wildman–Crippen MR) is 74.4 cm³/mol. The highest BCUT2D eigenvalue weighted by Crippen LogP contribution is 2.28. The summed E-state index contributed by atoms with van der Waals surface area (Å²) < 4.78 is 5.94. The largest absolute Gasteiger partial charge is 0.468 e. The van der Waals surface area contributed by atoms with Crippen LogP contribution in [-0.4, -0.2) is 25.2 Å². The van der Waals surface area contributed by atoms with E-state index in [1.54, 1.807) is 0 Å². The van der Waals surface area contributed by atoms with Crippen molar-refractivity contribution in [1.82, 2.24) is 5.32 Å². The number of benzene rings is 1. The van der Waals surface area contributed by atoms with E-state index in [2.05, 4.69) is 33.4 Å². The molecule has 0 aromatic heterocycles. The Bertz CT molecular complexity index is 449. The third-order valence-corrected chi connectivity index (χ3v) is 4.02. The Kier molecular flexibility index (Phi) is 4.07. The number of nitrogens with one attached hydrogen (secondary N) is 1. The number of methoxy groups -OCH3 is 1. The number of hydrogen-bond acceptors (Lipinski definition) is 3. The van der Waals surface area contributed by atoms with Crippen LogP contribution in [0.2, 0.25) is 0 Å². The van der Waals surface area contributed by atoms with Crippen LogP contribution < -0.4 is 5.32 Å². The summed E-state index contributed by atoms with van der Waals surface area (Å²) in [5.74, 6) is 0.308. The van der Waals surface area contributed by atoms with Crippen molar-refractivity contribution >= 4 is 21.9 Å². The van der Waals surface area contributed by atoms with E-state index in [1.165, 1.54) is 12.7 Å². The van der Waals surface area contributed by atoms with Crippen LogP contribution in [-0.2, 0) is 16.0 Å². The number of ether oxygens (including phenoxy) is 1. The molecule has 0 saturated carbocycles. The van der Waals surface area contributed by atoms with Crippen LogP contribution in [0.4, 0.5) is 0 Å². The van der Waals surface area contributed by atoms with Gasteiger partial charge in [0.25, 0.3) is 0 Å². The summed E-state index contributed by atoms with van der Waals surface area (Å²) in [6.07, 6.45) is 1.81. The lowest BCUT2D eigenvalue weighted by Gasteiger charge is -2.20. The molecule has 0 spiro atoms. The Morgan fingerprint density at radius 1 is 1.61 bits per heavy atom. The molecule has 2 rings (SSSR count). The normalized spacial score (nSPS) is 27.2. The fourth-order valence-electron chi connectivity index (χ4n) is 2.61. The molecule has 18 heavy (non-hydrogen) atoms. The van der Waals surface area contributed by atoms with Crippen LogP contribution in [0.1, 0.15) is 18.9 Å². The SMILES string of the molecule is COC(=O)C1(C)CC(Cc2cccc(Br)c2)CN1. The van der Waals surface area contributed by atoms with E-state index in [-0.39, 0.29) is 5.97 Å². The molecule has 1 aromatic carbocycles. The third kappa shape index (κ3) is 2.93. The smallest absolute Gasteiger partial charge is 0.325 e. The first-order valence-corrected chi connectivity index (χ1v) is 6.91. The number of halogens is 1. The molecule has 2 atom stereocenters. The van der Waals surface area contributed by atoms with Gasteiger partial charge in [0.15, 0.2) is 0 Å². The minimum Gasteiger partial charge on any atom is -0.468 e. The van der Waals surface area contributed by atoms with Gasteiger partial charge < -0.3 is 10.1 Å². The van der Waals surface area contributed by atoms with Gasteiger partial charge >= 0.3 is 5.97 Å². The topological polar surface area (TPSA) is 38.3 Å². The van der Waals surface area contributed by atoms with Gasteiger partial charge in [0, 0.05) is 4.47 Å². The molecule has 1 saturated heterocycles. The van der Waals surface area contributed by atoms with Crippen molar-refractivity contribution in [2.45, 2.75) is 25.3 Å². The average molecular weight is 312 g/mol. The fourth-order valence-corrected chi connectivity index (χ4v) is 3.06. The molecule has 0 bridgehead atoms. The van der Waals surface area contributed by atoms with Gasteiger partial charge in [-0.05, 0) is 49.9 Å². The van der Waals surface area contributed by atoms with E-state index in [9.17, 15) is 4.79 Å². The van der Waals surface area contributed by atoms with Crippen LogP contribution in [0.5, 0.6) is 0 Å². The zero-order valence-electron chi connectivity index (χ0n) is 10.7. The van der Waals surface area contributed by atoms with Gasteiger partial charge in [-0.15, -0.1) is 0 Å². The molecule has 1 fully saturated rings. The van der Waals surface area contributed by atoms with Crippen LogP contribution in [0.25, 0.3) is 0 Å². The molecule has 0 radical (unpaired) electrons. The Morgan fingerprint density at radius 3 is 3.06 bits per heavy atom. The Morgan fingerprint density at radius 2 is 2.39 bits per heavy atom. The van der Waals surface area contributed by atoms with E-state index in [0.29, 0.717) is 5.92 Å². The minimum atomic E-state index is -0.522. The second-order valence-electron chi connectivity index (χ2n) is 5.11. The van der Waals surface area contributed by atoms with Crippen LogP contribution in [0.3, 0.4) is 0 Å². The maximum atomic E-state index is 11.7. The quantitative estimate of drug-likeness (QED) is 0.872. The van der Waals surface area contributed by atoms with Crippen LogP contribution in [0.15, 0.2) is 28.7 Å². The van der Waals surface area contributed by atoms with E-state index >= 15 is 0 Å². The standard InChI is InChI=1S/C14H18BrNO2/c1-14(13(17)18-2)8-11(9-16-14)6-10-4-3-5-12(15)7-10/h3-5,7,11,16H,6,8-9H2,1-2H3. The molecule has 3 nitrogen and oxygen atoms in total. The number of carbonyl (C=O) groups is 1. The summed E-state index contributed by atoms with van der Waals surface area (Å²) in [6, 6.07) is 8.32. The number of carbonyl (C=O) groups excluding carboxylic acids is 1. The Labute approximate surface area is 116 Å². The molecule has 1 N–H and O–H groups in total. The number of hydrogen-bond donors (Lipinski definition) is 1. The first-order valence-electron chi connectivity index (χ1n) is 6.11. The van der Waals surface area contributed by atoms with Gasteiger partial charge in [0.1, 0.15) is 5.54 Å². The molecular formula is C14H18BrNO2. The van der Waals surface area contributed by atoms with Gasteiger partial charge in [0.2, 0.25) is 0 Å². The van der Waals surface area contributed by atoms with Crippen molar-refractivity contribution < 1.29 is 9.53 Å². The lowest BCUT2D eigenvalue weighted by molar-refractivity contribution is -0.147. The molecule has 4 heteroatoms. The summed E-state index contributed by atoms with van der Waals surface area (Å²) in [5.41, 5.74) is 0.774. The lowest BCUT2D eigenvalue weighted by Crippen LogP contribution is -2.45. The second-order valence-corrected chi connectivity index (χ2v) is 6.02. The van der Waals surface area contributed by atoms with Gasteiger partial charge in [-0.3, -0.25) is 4.79 Å². The molecule has 1 aliphatic heterocycles. The average Bonchev–Trinajstić information content (AvgIpc) is 2.71. The highest BCUT2D eigenvalue weighted by Gasteiger charge is 2.41. The van der Waals surface area contributed by atoms with Crippen molar-refractivity contribution in [2.24, 2.45) is 5.92 Å². The number of rotatable bonds is 3. The fraction of sp³-hybridized carbons (Fsp3) is 0.500. The predicted octanol–water partition coefficient (Wildman–Crippen LogP) is 2.53. The molecule has 0 amide bonds. The third-order valence-electron chi connectivity index (χ3n) is 3.53. The van der Waals surface area contributed by atoms with Crippen LogP contribution in [0, 0.1) is 5.92 Å². The highest BCUT2D eigenvalue weighted by molar-refractivity contribution is 9.10. The molecule has 1 aromatic rings. The molecule has 2 unspecified atom stereocenters. The Balaban J connectivity index is 2.00. The first-order chi connectivity index (χ1) is 8.53. The number of esters is 1. The summed E-state index contributed by atoms with van der Waals surface area (Å²) in [7, 11) is 1.44. The summed E-state index contributed by atoms with van der Waals surface area (Å²) >= 11 is 3.48. The molecule has 1 heterocycles. The lowest BCUT2D eigenvalue weighted by atomic mass is 9.91. The first kappa shape index (κ1) is 13.6. The van der Waals surface area contributed by atoms with E-state index in [4.69, 9.17) is 4.74 Å². The highest BCUT2D eigenvalue weighted by atomic mass is 79.9. The van der Waals surface area contributed by atoms with Crippen molar-refractivity contribution in [2.75, 3.05) is 13.7 Å². The molecule has 1 aliphatic rings.